The number of hydrogen-bond donors (Lipinski definition) is 0. The third-order valence-electron chi connectivity index (χ3n) is 4.08. The summed E-state index contributed by atoms with van der Waals surface area (Å²) in [7, 11) is 1.90. The van der Waals surface area contributed by atoms with E-state index in [4.69, 9.17) is 0 Å². The molecule has 1 aliphatic heterocycles. The summed E-state index contributed by atoms with van der Waals surface area (Å²) in [5.41, 5.74) is 0. The van der Waals surface area contributed by atoms with Crippen LogP contribution in [0.1, 0.15) is 45.4 Å². The number of rotatable bonds is 3. The highest BCUT2D eigenvalue weighted by molar-refractivity contribution is 5.80. The maximum atomic E-state index is 12.1. The van der Waals surface area contributed by atoms with Gasteiger partial charge in [0.15, 0.2) is 0 Å². The van der Waals surface area contributed by atoms with E-state index in [2.05, 4.69) is 6.92 Å². The fourth-order valence-electron chi connectivity index (χ4n) is 2.95. The molecule has 2 fully saturated rings. The Morgan fingerprint density at radius 2 is 1.88 bits per heavy atom. The molecular formula is C13H22N2O2. The third kappa shape index (κ3) is 2.45. The van der Waals surface area contributed by atoms with Crippen LogP contribution in [0.15, 0.2) is 0 Å². The predicted molar refractivity (Wildman–Crippen MR) is 65.8 cm³/mol. The van der Waals surface area contributed by atoms with Crippen molar-refractivity contribution in [2.45, 2.75) is 57.5 Å². The van der Waals surface area contributed by atoms with Crippen LogP contribution in [-0.4, -0.2) is 47.3 Å². The van der Waals surface area contributed by atoms with Gasteiger partial charge in [0.05, 0.1) is 6.04 Å². The van der Waals surface area contributed by atoms with Crippen LogP contribution < -0.4 is 0 Å². The summed E-state index contributed by atoms with van der Waals surface area (Å²) in [4.78, 5) is 27.2. The lowest BCUT2D eigenvalue weighted by Crippen LogP contribution is -2.40. The van der Waals surface area contributed by atoms with Crippen molar-refractivity contribution in [3.05, 3.63) is 0 Å². The molecule has 0 N–H and O–H groups in total. The Morgan fingerprint density at radius 1 is 1.24 bits per heavy atom. The van der Waals surface area contributed by atoms with Gasteiger partial charge in [0.2, 0.25) is 0 Å². The minimum atomic E-state index is 0.155. The second kappa shape index (κ2) is 5.07. The van der Waals surface area contributed by atoms with Crippen LogP contribution in [-0.2, 0) is 4.79 Å². The second-order valence-electron chi connectivity index (χ2n) is 5.26. The van der Waals surface area contributed by atoms with Crippen LogP contribution in [0.2, 0.25) is 0 Å². The van der Waals surface area contributed by atoms with Gasteiger partial charge in [0.25, 0.3) is 0 Å². The van der Waals surface area contributed by atoms with Crippen molar-refractivity contribution in [3.63, 3.8) is 0 Å². The molecule has 96 valence electrons. The summed E-state index contributed by atoms with van der Waals surface area (Å²) < 4.78 is 0. The van der Waals surface area contributed by atoms with Gasteiger partial charge in [-0.05, 0) is 19.3 Å². The molecule has 1 aliphatic carbocycles. The molecule has 17 heavy (non-hydrogen) atoms. The fraction of sp³-hybridized carbons (Fsp3) is 0.846. The van der Waals surface area contributed by atoms with Gasteiger partial charge < -0.3 is 9.80 Å². The molecule has 0 aromatic rings. The van der Waals surface area contributed by atoms with Crippen molar-refractivity contribution in [2.75, 3.05) is 13.6 Å². The van der Waals surface area contributed by atoms with Gasteiger partial charge in [-0.25, -0.2) is 4.79 Å². The van der Waals surface area contributed by atoms with Gasteiger partial charge in [-0.15, -0.1) is 0 Å². The topological polar surface area (TPSA) is 40.6 Å². The van der Waals surface area contributed by atoms with Gasteiger partial charge in [-0.1, -0.05) is 13.3 Å². The van der Waals surface area contributed by atoms with E-state index < -0.39 is 0 Å². The molecule has 1 saturated heterocycles. The second-order valence-corrected chi connectivity index (χ2v) is 5.26. The summed E-state index contributed by atoms with van der Waals surface area (Å²) in [6, 6.07) is 0.817. The van der Waals surface area contributed by atoms with Crippen molar-refractivity contribution in [2.24, 2.45) is 0 Å². The molecule has 1 atom stereocenters. The fourth-order valence-corrected chi connectivity index (χ4v) is 2.95. The molecule has 1 saturated carbocycles. The number of carbonyl (C=O) groups is 2. The quantitative estimate of drug-likeness (QED) is 0.755. The number of carbonyl (C=O) groups excluding carboxylic acids is 2. The van der Waals surface area contributed by atoms with Gasteiger partial charge in [-0.2, -0.15) is 0 Å². The number of amides is 2. The van der Waals surface area contributed by atoms with Crippen LogP contribution in [0.3, 0.4) is 0 Å². The zero-order valence-corrected chi connectivity index (χ0v) is 10.8. The van der Waals surface area contributed by atoms with E-state index in [0.717, 1.165) is 32.2 Å². The molecule has 0 aromatic heterocycles. The maximum Gasteiger partial charge on any atom is 0.320 e. The average molecular weight is 238 g/mol. The lowest BCUT2D eigenvalue weighted by atomic mass is 9.93. The average Bonchev–Trinajstić information content (AvgIpc) is 2.59. The van der Waals surface area contributed by atoms with Gasteiger partial charge in [-0.3, -0.25) is 4.79 Å². The standard InChI is InChI=1S/C13H22N2O2/c1-3-4-11-9-15(13(17)14(11)2)10-5-7-12(16)8-6-10/h10-11H,3-9H2,1-2H3. The highest BCUT2D eigenvalue weighted by Gasteiger charge is 2.38. The van der Waals surface area contributed by atoms with Crippen LogP contribution in [0.4, 0.5) is 4.79 Å². The Balaban J connectivity index is 1.97. The number of ketones is 1. The monoisotopic (exact) mass is 238 g/mol. The third-order valence-corrected chi connectivity index (χ3v) is 4.08. The van der Waals surface area contributed by atoms with E-state index in [1.165, 1.54) is 0 Å². The van der Waals surface area contributed by atoms with E-state index in [-0.39, 0.29) is 6.03 Å². The van der Waals surface area contributed by atoms with Gasteiger partial charge in [0.1, 0.15) is 5.78 Å². The van der Waals surface area contributed by atoms with Crippen LogP contribution >= 0.6 is 0 Å². The van der Waals surface area contributed by atoms with Gasteiger partial charge >= 0.3 is 6.03 Å². The van der Waals surface area contributed by atoms with E-state index >= 15 is 0 Å². The molecule has 0 bridgehead atoms. The first-order chi connectivity index (χ1) is 8.13. The van der Waals surface area contributed by atoms with Crippen LogP contribution in [0, 0.1) is 0 Å². The highest BCUT2D eigenvalue weighted by Crippen LogP contribution is 2.27. The molecule has 1 unspecified atom stereocenters. The Labute approximate surface area is 103 Å². The molecule has 2 rings (SSSR count). The lowest BCUT2D eigenvalue weighted by Gasteiger charge is -2.29. The molecule has 0 radical (unpaired) electrons. The van der Waals surface area contributed by atoms with Crippen molar-refractivity contribution >= 4 is 11.8 Å². The molecule has 4 heteroatoms. The van der Waals surface area contributed by atoms with E-state index in [1.807, 2.05) is 16.8 Å². The molecular weight excluding hydrogens is 216 g/mol. The molecule has 4 nitrogen and oxygen atoms in total. The summed E-state index contributed by atoms with van der Waals surface area (Å²) in [6.45, 7) is 3.00. The zero-order valence-electron chi connectivity index (χ0n) is 10.8. The first-order valence-corrected chi connectivity index (χ1v) is 6.68. The number of urea groups is 1. The zero-order chi connectivity index (χ0) is 12.4. The minimum Gasteiger partial charge on any atom is -0.323 e. The SMILES string of the molecule is CCCC1CN(C2CCC(=O)CC2)C(=O)N1C. The molecule has 2 amide bonds. The smallest absolute Gasteiger partial charge is 0.320 e. The number of nitrogens with zero attached hydrogens (tertiary/aromatic N) is 2. The van der Waals surface area contributed by atoms with E-state index in [0.29, 0.717) is 30.7 Å². The maximum absolute atomic E-state index is 12.1. The Hall–Kier alpha value is -1.06. The Bertz CT molecular complexity index is 307. The summed E-state index contributed by atoms with van der Waals surface area (Å²) in [5.74, 6) is 0.353. The number of hydrogen-bond acceptors (Lipinski definition) is 2. The largest absolute Gasteiger partial charge is 0.323 e. The van der Waals surface area contributed by atoms with Crippen molar-refractivity contribution < 1.29 is 9.59 Å². The molecule has 0 aromatic carbocycles. The summed E-state index contributed by atoms with van der Waals surface area (Å²) >= 11 is 0. The van der Waals surface area contributed by atoms with Crippen molar-refractivity contribution in [1.29, 1.82) is 0 Å². The first-order valence-electron chi connectivity index (χ1n) is 6.68. The minimum absolute atomic E-state index is 0.155. The van der Waals surface area contributed by atoms with Crippen molar-refractivity contribution in [1.82, 2.24) is 9.80 Å². The normalized spacial score (nSPS) is 27.1. The molecule has 0 spiro atoms. The van der Waals surface area contributed by atoms with Crippen LogP contribution in [0.5, 0.6) is 0 Å². The predicted octanol–water partition coefficient (Wildman–Crippen LogP) is 2.03. The molecule has 2 aliphatic rings. The molecule has 1 heterocycles. The Morgan fingerprint density at radius 3 is 2.47 bits per heavy atom. The van der Waals surface area contributed by atoms with E-state index in [1.54, 1.807) is 0 Å². The van der Waals surface area contributed by atoms with Gasteiger partial charge in [0, 0.05) is 32.5 Å². The number of likely N-dealkylation sites (N-methyl/N-ethyl adjacent to an activating group) is 1. The Kier molecular flexibility index (Phi) is 3.69. The number of Topliss-reactive ketones (excluding diaryl/α,β-unsaturated/α-hetero) is 1. The first kappa shape index (κ1) is 12.4. The van der Waals surface area contributed by atoms with Crippen molar-refractivity contribution in [3.8, 4) is 0 Å². The van der Waals surface area contributed by atoms with Crippen LogP contribution in [0.25, 0.3) is 0 Å². The lowest BCUT2D eigenvalue weighted by molar-refractivity contribution is -0.121. The highest BCUT2D eigenvalue weighted by atomic mass is 16.2. The summed E-state index contributed by atoms with van der Waals surface area (Å²) in [5, 5.41) is 0. The summed E-state index contributed by atoms with van der Waals surface area (Å²) in [6.07, 6.45) is 5.20. The van der Waals surface area contributed by atoms with E-state index in [9.17, 15) is 9.59 Å².